The molecule has 0 aliphatic carbocycles. The number of aromatic nitrogens is 1. The predicted octanol–water partition coefficient (Wildman–Crippen LogP) is 3.80. The molecule has 1 N–H and O–H groups in total. The highest BCUT2D eigenvalue weighted by Gasteiger charge is 2.34. The number of H-pyrrole nitrogens is 1. The summed E-state index contributed by atoms with van der Waals surface area (Å²) in [7, 11) is 0. The largest absolute Gasteiger partial charge is 0.431 e. The van der Waals surface area contributed by atoms with Gasteiger partial charge in [-0.1, -0.05) is 11.6 Å². The van der Waals surface area contributed by atoms with Gasteiger partial charge in [0, 0.05) is 10.9 Å². The highest BCUT2D eigenvalue weighted by Crippen LogP contribution is 2.34. The highest BCUT2D eigenvalue weighted by molar-refractivity contribution is 5.85. The monoisotopic (exact) mass is 213 g/mol. The van der Waals surface area contributed by atoms with Crippen LogP contribution in [-0.2, 0) is 6.18 Å². The van der Waals surface area contributed by atoms with Crippen molar-refractivity contribution in [3.8, 4) is 0 Å². The zero-order chi connectivity index (χ0) is 11.2. The molecule has 0 unspecified atom stereocenters. The second-order valence-electron chi connectivity index (χ2n) is 3.67. The van der Waals surface area contributed by atoms with Crippen LogP contribution < -0.4 is 0 Å². The van der Waals surface area contributed by atoms with Crippen molar-refractivity contribution in [3.05, 3.63) is 35.0 Å². The van der Waals surface area contributed by atoms with E-state index < -0.39 is 11.9 Å². The maximum Gasteiger partial charge on any atom is 0.431 e. The molecule has 0 amide bonds. The van der Waals surface area contributed by atoms with Gasteiger partial charge in [-0.2, -0.15) is 13.2 Å². The van der Waals surface area contributed by atoms with Crippen molar-refractivity contribution in [3.63, 3.8) is 0 Å². The third-order valence-electron chi connectivity index (χ3n) is 2.50. The van der Waals surface area contributed by atoms with Gasteiger partial charge in [0.25, 0.3) is 0 Å². The molecular weight excluding hydrogens is 203 g/mol. The average Bonchev–Trinajstić information content (AvgIpc) is 2.43. The Labute approximate surface area is 84.9 Å². The molecule has 0 aliphatic rings. The van der Waals surface area contributed by atoms with Crippen LogP contribution >= 0.6 is 0 Å². The van der Waals surface area contributed by atoms with E-state index >= 15 is 0 Å². The van der Waals surface area contributed by atoms with Crippen LogP contribution in [0.3, 0.4) is 0 Å². The lowest BCUT2D eigenvalue weighted by Crippen LogP contribution is -2.06. The molecule has 15 heavy (non-hydrogen) atoms. The van der Waals surface area contributed by atoms with E-state index in [1.165, 1.54) is 6.92 Å². The van der Waals surface area contributed by atoms with Crippen molar-refractivity contribution in [1.82, 2.24) is 4.98 Å². The fraction of sp³-hybridized carbons (Fsp3) is 0.273. The van der Waals surface area contributed by atoms with Gasteiger partial charge in [0.1, 0.15) is 5.69 Å². The predicted molar refractivity (Wildman–Crippen MR) is 52.8 cm³/mol. The normalized spacial score (nSPS) is 12.3. The first-order chi connectivity index (χ1) is 6.89. The summed E-state index contributed by atoms with van der Waals surface area (Å²) in [6.45, 7) is 3.35. The third-order valence-corrected chi connectivity index (χ3v) is 2.50. The van der Waals surface area contributed by atoms with Crippen molar-refractivity contribution in [2.24, 2.45) is 0 Å². The van der Waals surface area contributed by atoms with Gasteiger partial charge in [-0.05, 0) is 31.5 Å². The summed E-state index contributed by atoms with van der Waals surface area (Å²) in [5.41, 5.74) is 1.10. The Hall–Kier alpha value is -1.45. The van der Waals surface area contributed by atoms with Crippen molar-refractivity contribution in [2.75, 3.05) is 0 Å². The number of halogens is 3. The van der Waals surface area contributed by atoms with Gasteiger partial charge in [0.05, 0.1) is 0 Å². The lowest BCUT2D eigenvalue weighted by molar-refractivity contribution is -0.141. The van der Waals surface area contributed by atoms with E-state index in [-0.39, 0.29) is 5.56 Å². The van der Waals surface area contributed by atoms with Crippen molar-refractivity contribution in [1.29, 1.82) is 0 Å². The second-order valence-corrected chi connectivity index (χ2v) is 3.67. The van der Waals surface area contributed by atoms with Crippen LogP contribution in [0.5, 0.6) is 0 Å². The van der Waals surface area contributed by atoms with Gasteiger partial charge in [-0.15, -0.1) is 0 Å². The molecule has 1 nitrogen and oxygen atoms in total. The lowest BCUT2D eigenvalue weighted by Gasteiger charge is -2.04. The first-order valence-electron chi connectivity index (χ1n) is 4.55. The number of hydrogen-bond donors (Lipinski definition) is 1. The number of fused-ring (bicyclic) bond motifs is 1. The van der Waals surface area contributed by atoms with Gasteiger partial charge in [0.15, 0.2) is 0 Å². The van der Waals surface area contributed by atoms with Gasteiger partial charge < -0.3 is 4.98 Å². The fourth-order valence-electron chi connectivity index (χ4n) is 1.72. The first kappa shape index (κ1) is 10.1. The summed E-state index contributed by atoms with van der Waals surface area (Å²) >= 11 is 0. The number of aromatic amines is 1. The summed E-state index contributed by atoms with van der Waals surface area (Å²) in [5, 5.41) is 0.641. The van der Waals surface area contributed by atoms with Gasteiger partial charge in [-0.25, -0.2) is 0 Å². The Morgan fingerprint density at radius 3 is 2.40 bits per heavy atom. The summed E-state index contributed by atoms with van der Waals surface area (Å²) in [6.07, 6.45) is -4.31. The summed E-state index contributed by atoms with van der Waals surface area (Å²) in [5.74, 6) is 0. The van der Waals surface area contributed by atoms with Crippen LogP contribution in [0.4, 0.5) is 13.2 Å². The van der Waals surface area contributed by atoms with Crippen LogP contribution in [0, 0.1) is 13.8 Å². The van der Waals surface area contributed by atoms with E-state index in [1.54, 1.807) is 18.2 Å². The van der Waals surface area contributed by atoms with Crippen LogP contribution in [0.2, 0.25) is 0 Å². The minimum absolute atomic E-state index is 0.265. The van der Waals surface area contributed by atoms with Gasteiger partial charge in [-0.3, -0.25) is 0 Å². The van der Waals surface area contributed by atoms with Crippen molar-refractivity contribution in [2.45, 2.75) is 20.0 Å². The van der Waals surface area contributed by atoms with Crippen LogP contribution in [0.15, 0.2) is 18.2 Å². The molecule has 0 spiro atoms. The second kappa shape index (κ2) is 3.02. The molecule has 80 valence electrons. The van der Waals surface area contributed by atoms with Crippen molar-refractivity contribution < 1.29 is 13.2 Å². The topological polar surface area (TPSA) is 15.8 Å². The van der Waals surface area contributed by atoms with E-state index in [9.17, 15) is 13.2 Å². The Morgan fingerprint density at radius 2 is 1.80 bits per heavy atom. The SMILES string of the molecule is Cc1ccc2[nH]c(C(F)(F)F)c(C)c2c1. The Balaban J connectivity index is 2.76. The van der Waals surface area contributed by atoms with E-state index in [0.717, 1.165) is 5.56 Å². The molecule has 0 saturated carbocycles. The Kier molecular flexibility index (Phi) is 2.03. The number of hydrogen-bond acceptors (Lipinski definition) is 0. The molecule has 1 aromatic heterocycles. The molecule has 0 saturated heterocycles. The van der Waals surface area contributed by atoms with Crippen LogP contribution in [0.25, 0.3) is 10.9 Å². The molecule has 0 atom stereocenters. The molecular formula is C11H10F3N. The smallest absolute Gasteiger partial charge is 0.351 e. The molecule has 1 heterocycles. The standard InChI is InChI=1S/C11H10F3N/c1-6-3-4-9-8(5-6)7(2)10(15-9)11(12,13)14/h3-5,15H,1-2H3. The quantitative estimate of drug-likeness (QED) is 0.685. The summed E-state index contributed by atoms with van der Waals surface area (Å²) in [6, 6.07) is 5.22. The number of rotatable bonds is 0. The molecule has 1 aromatic carbocycles. The number of benzene rings is 1. The zero-order valence-corrected chi connectivity index (χ0v) is 8.37. The Bertz CT molecular complexity index is 508. The molecule has 2 aromatic rings. The molecule has 0 bridgehead atoms. The summed E-state index contributed by atoms with van der Waals surface area (Å²) < 4.78 is 37.7. The molecule has 0 aliphatic heterocycles. The molecule has 0 fully saturated rings. The fourth-order valence-corrected chi connectivity index (χ4v) is 1.72. The van der Waals surface area contributed by atoms with E-state index in [1.807, 2.05) is 6.92 Å². The number of aryl methyl sites for hydroxylation is 2. The lowest BCUT2D eigenvalue weighted by atomic mass is 10.1. The van der Waals surface area contributed by atoms with E-state index in [2.05, 4.69) is 4.98 Å². The maximum atomic E-state index is 12.6. The third kappa shape index (κ3) is 1.60. The Morgan fingerprint density at radius 1 is 1.13 bits per heavy atom. The van der Waals surface area contributed by atoms with Gasteiger partial charge in [0.2, 0.25) is 0 Å². The minimum Gasteiger partial charge on any atom is -0.351 e. The highest BCUT2D eigenvalue weighted by atomic mass is 19.4. The number of nitrogens with one attached hydrogen (secondary N) is 1. The van der Waals surface area contributed by atoms with Crippen molar-refractivity contribution >= 4 is 10.9 Å². The molecule has 4 heteroatoms. The number of alkyl halides is 3. The maximum absolute atomic E-state index is 12.6. The van der Waals surface area contributed by atoms with Crippen LogP contribution in [0.1, 0.15) is 16.8 Å². The molecule has 2 rings (SSSR count). The molecule has 0 radical (unpaired) electrons. The zero-order valence-electron chi connectivity index (χ0n) is 8.37. The summed E-state index contributed by atoms with van der Waals surface area (Å²) in [4.78, 5) is 2.41. The van der Waals surface area contributed by atoms with E-state index in [4.69, 9.17) is 0 Å². The van der Waals surface area contributed by atoms with Gasteiger partial charge >= 0.3 is 6.18 Å². The average molecular weight is 213 g/mol. The van der Waals surface area contributed by atoms with E-state index in [0.29, 0.717) is 10.9 Å². The first-order valence-corrected chi connectivity index (χ1v) is 4.55. The van der Waals surface area contributed by atoms with Crippen LogP contribution in [-0.4, -0.2) is 4.98 Å². The minimum atomic E-state index is -4.31.